The molecule has 0 aliphatic heterocycles. The van der Waals surface area contributed by atoms with Crippen molar-refractivity contribution in [1.82, 2.24) is 0 Å². The predicted molar refractivity (Wildman–Crippen MR) is 70.7 cm³/mol. The van der Waals surface area contributed by atoms with Crippen LogP contribution in [0.1, 0.15) is 15.9 Å². The van der Waals surface area contributed by atoms with Crippen molar-refractivity contribution < 1.29 is 27.1 Å². The molecule has 0 saturated carbocycles. The highest BCUT2D eigenvalue weighted by atomic mass is 79.9. The third-order valence-corrected chi connectivity index (χ3v) is 3.02. The summed E-state index contributed by atoms with van der Waals surface area (Å²) in [6.07, 6.45) is -4.80. The summed E-state index contributed by atoms with van der Waals surface area (Å²) < 4.78 is 53.9. The fourth-order valence-electron chi connectivity index (χ4n) is 1.64. The van der Waals surface area contributed by atoms with Crippen LogP contribution in [-0.2, 0) is 0 Å². The van der Waals surface area contributed by atoms with Gasteiger partial charge < -0.3 is 4.74 Å². The van der Waals surface area contributed by atoms with Gasteiger partial charge in [0, 0.05) is 10.0 Å². The largest absolute Gasteiger partial charge is 0.573 e. The lowest BCUT2D eigenvalue weighted by Crippen LogP contribution is -2.17. The molecule has 0 N–H and O–H groups in total. The number of ketones is 1. The van der Waals surface area contributed by atoms with Gasteiger partial charge in [-0.25, -0.2) is 4.39 Å². The fraction of sp³-hybridized carbons (Fsp3) is 0.0714. The van der Waals surface area contributed by atoms with Crippen molar-refractivity contribution in [3.63, 3.8) is 0 Å². The Kier molecular flexibility index (Phi) is 4.32. The Morgan fingerprint density at radius 3 is 2.19 bits per heavy atom. The van der Waals surface area contributed by atoms with Gasteiger partial charge in [-0.3, -0.25) is 4.79 Å². The van der Waals surface area contributed by atoms with Crippen LogP contribution < -0.4 is 4.74 Å². The zero-order valence-electron chi connectivity index (χ0n) is 10.2. The molecule has 0 aliphatic rings. The second-order valence-electron chi connectivity index (χ2n) is 4.03. The average molecular weight is 363 g/mol. The molecule has 7 heteroatoms. The number of carbonyl (C=O) groups excluding carboxylic acids is 1. The topological polar surface area (TPSA) is 26.3 Å². The molecule has 2 rings (SSSR count). The van der Waals surface area contributed by atoms with Crippen LogP contribution in [0.2, 0.25) is 0 Å². The molecule has 0 radical (unpaired) electrons. The van der Waals surface area contributed by atoms with E-state index in [2.05, 4.69) is 20.7 Å². The summed E-state index contributed by atoms with van der Waals surface area (Å²) in [6, 6.07) is 8.21. The van der Waals surface area contributed by atoms with Crippen molar-refractivity contribution in [2.75, 3.05) is 0 Å². The molecule has 0 atom stereocenters. The van der Waals surface area contributed by atoms with E-state index < -0.39 is 23.7 Å². The molecule has 0 fully saturated rings. The molecule has 110 valence electrons. The molecule has 0 spiro atoms. The van der Waals surface area contributed by atoms with Gasteiger partial charge in [0.2, 0.25) is 0 Å². The Morgan fingerprint density at radius 1 is 1.05 bits per heavy atom. The minimum Gasteiger partial charge on any atom is -0.406 e. The van der Waals surface area contributed by atoms with Gasteiger partial charge in [0.1, 0.15) is 11.6 Å². The molecule has 0 heterocycles. The first kappa shape index (κ1) is 15.5. The molecule has 21 heavy (non-hydrogen) atoms. The lowest BCUT2D eigenvalue weighted by molar-refractivity contribution is -0.274. The van der Waals surface area contributed by atoms with Gasteiger partial charge in [-0.15, -0.1) is 13.2 Å². The minimum absolute atomic E-state index is 0.0609. The van der Waals surface area contributed by atoms with Crippen molar-refractivity contribution >= 4 is 21.7 Å². The van der Waals surface area contributed by atoms with Crippen LogP contribution >= 0.6 is 15.9 Å². The molecule has 0 bridgehead atoms. The van der Waals surface area contributed by atoms with Crippen molar-refractivity contribution in [3.8, 4) is 5.75 Å². The Hall–Kier alpha value is -1.89. The van der Waals surface area contributed by atoms with E-state index in [1.54, 1.807) is 0 Å². The van der Waals surface area contributed by atoms with Crippen LogP contribution in [0.5, 0.6) is 5.75 Å². The number of halogens is 5. The third-order valence-electron chi connectivity index (χ3n) is 2.53. The zero-order valence-corrected chi connectivity index (χ0v) is 11.8. The van der Waals surface area contributed by atoms with E-state index in [4.69, 9.17) is 0 Å². The number of hydrogen-bond acceptors (Lipinski definition) is 2. The number of rotatable bonds is 3. The van der Waals surface area contributed by atoms with E-state index in [0.717, 1.165) is 30.3 Å². The van der Waals surface area contributed by atoms with E-state index >= 15 is 0 Å². The number of ether oxygens (including phenoxy) is 1. The van der Waals surface area contributed by atoms with Gasteiger partial charge in [0.25, 0.3) is 0 Å². The van der Waals surface area contributed by atoms with Gasteiger partial charge in [0.15, 0.2) is 5.78 Å². The standard InChI is InChI=1S/C14H7BrF4O2/c15-9-3-6-11(12(16)7-9)13(20)8-1-4-10(5-2-8)21-14(17,18)19/h1-7H. The van der Waals surface area contributed by atoms with Crippen molar-refractivity contribution in [1.29, 1.82) is 0 Å². The third kappa shape index (κ3) is 4.04. The van der Waals surface area contributed by atoms with Crippen LogP contribution in [0.3, 0.4) is 0 Å². The molecular weight excluding hydrogens is 356 g/mol. The monoisotopic (exact) mass is 362 g/mol. The lowest BCUT2D eigenvalue weighted by atomic mass is 10.0. The Morgan fingerprint density at radius 2 is 1.67 bits per heavy atom. The first-order valence-electron chi connectivity index (χ1n) is 5.62. The number of benzene rings is 2. The van der Waals surface area contributed by atoms with Gasteiger partial charge >= 0.3 is 6.36 Å². The Bertz CT molecular complexity index is 666. The molecule has 0 aromatic heterocycles. The Balaban J connectivity index is 2.24. The highest BCUT2D eigenvalue weighted by Crippen LogP contribution is 2.24. The van der Waals surface area contributed by atoms with E-state index in [1.807, 2.05) is 0 Å². The fourth-order valence-corrected chi connectivity index (χ4v) is 1.97. The molecule has 0 aliphatic carbocycles. The normalized spacial score (nSPS) is 11.3. The summed E-state index contributed by atoms with van der Waals surface area (Å²) in [5.74, 6) is -1.79. The van der Waals surface area contributed by atoms with Crippen LogP contribution in [0.4, 0.5) is 17.6 Å². The van der Waals surface area contributed by atoms with E-state index in [-0.39, 0.29) is 11.1 Å². The number of alkyl halides is 3. The smallest absolute Gasteiger partial charge is 0.406 e. The van der Waals surface area contributed by atoms with E-state index in [9.17, 15) is 22.4 Å². The second-order valence-corrected chi connectivity index (χ2v) is 4.94. The summed E-state index contributed by atoms with van der Waals surface area (Å²) in [7, 11) is 0. The van der Waals surface area contributed by atoms with Crippen LogP contribution in [-0.4, -0.2) is 12.1 Å². The molecular formula is C14H7BrF4O2. The summed E-state index contributed by atoms with van der Waals surface area (Å²) >= 11 is 3.06. The summed E-state index contributed by atoms with van der Waals surface area (Å²) in [6.45, 7) is 0. The second kappa shape index (κ2) is 5.85. The van der Waals surface area contributed by atoms with Crippen molar-refractivity contribution in [2.24, 2.45) is 0 Å². The molecule has 0 unspecified atom stereocenters. The highest BCUT2D eigenvalue weighted by Gasteiger charge is 2.31. The van der Waals surface area contributed by atoms with Crippen LogP contribution in [0, 0.1) is 5.82 Å². The lowest BCUT2D eigenvalue weighted by Gasteiger charge is -2.09. The number of carbonyl (C=O) groups is 1. The van der Waals surface area contributed by atoms with Gasteiger partial charge in [-0.2, -0.15) is 0 Å². The first-order valence-corrected chi connectivity index (χ1v) is 6.41. The molecule has 2 aromatic carbocycles. The SMILES string of the molecule is O=C(c1ccc(OC(F)(F)F)cc1)c1ccc(Br)cc1F. The summed E-state index contributed by atoms with van der Waals surface area (Å²) in [5.41, 5.74) is -0.103. The minimum atomic E-state index is -4.80. The molecule has 0 saturated heterocycles. The van der Waals surface area contributed by atoms with Crippen LogP contribution in [0.15, 0.2) is 46.9 Å². The van der Waals surface area contributed by atoms with Gasteiger partial charge in [-0.1, -0.05) is 15.9 Å². The molecule has 2 aromatic rings. The van der Waals surface area contributed by atoms with E-state index in [0.29, 0.717) is 4.47 Å². The van der Waals surface area contributed by atoms with Gasteiger partial charge in [0.05, 0.1) is 5.56 Å². The van der Waals surface area contributed by atoms with Crippen molar-refractivity contribution in [2.45, 2.75) is 6.36 Å². The molecule has 2 nitrogen and oxygen atoms in total. The molecule has 0 amide bonds. The van der Waals surface area contributed by atoms with Crippen molar-refractivity contribution in [3.05, 3.63) is 63.9 Å². The van der Waals surface area contributed by atoms with Crippen LogP contribution in [0.25, 0.3) is 0 Å². The van der Waals surface area contributed by atoms with Gasteiger partial charge in [-0.05, 0) is 42.5 Å². The maximum absolute atomic E-state index is 13.7. The van der Waals surface area contributed by atoms with E-state index in [1.165, 1.54) is 12.1 Å². The summed E-state index contributed by atoms with van der Waals surface area (Å²) in [4.78, 5) is 12.1. The maximum atomic E-state index is 13.7. The quantitative estimate of drug-likeness (QED) is 0.583. The average Bonchev–Trinajstić information content (AvgIpc) is 2.37. The first-order chi connectivity index (χ1) is 9.76. The predicted octanol–water partition coefficient (Wildman–Crippen LogP) is 4.72. The highest BCUT2D eigenvalue weighted by molar-refractivity contribution is 9.10. The summed E-state index contributed by atoms with van der Waals surface area (Å²) in [5, 5.41) is 0. The Labute approximate surface area is 125 Å². The zero-order chi connectivity index (χ0) is 15.6. The number of hydrogen-bond donors (Lipinski definition) is 0. The maximum Gasteiger partial charge on any atom is 0.573 e.